The van der Waals surface area contributed by atoms with Crippen molar-refractivity contribution in [3.63, 3.8) is 0 Å². The van der Waals surface area contributed by atoms with Crippen LogP contribution in [0.5, 0.6) is 0 Å². The van der Waals surface area contributed by atoms with Gasteiger partial charge < -0.3 is 10.6 Å². The van der Waals surface area contributed by atoms with Crippen molar-refractivity contribution in [2.24, 2.45) is 5.92 Å². The van der Waals surface area contributed by atoms with Gasteiger partial charge in [-0.1, -0.05) is 0 Å². The minimum atomic E-state index is 0.126. The first kappa shape index (κ1) is 11.1. The number of piperidine rings is 1. The number of carbonyl (C=O) groups is 1. The molecule has 0 saturated carbocycles. The summed E-state index contributed by atoms with van der Waals surface area (Å²) < 4.78 is 0. The SMILES string of the molecule is Cc1[nH]ncc1CNC(=O)[C@@H]1CCCNC1. The molecule has 1 aromatic heterocycles. The highest BCUT2D eigenvalue weighted by atomic mass is 16.1. The summed E-state index contributed by atoms with van der Waals surface area (Å²) in [5, 5.41) is 13.0. The summed E-state index contributed by atoms with van der Waals surface area (Å²) in [6, 6.07) is 0. The van der Waals surface area contributed by atoms with Crippen LogP contribution in [0.1, 0.15) is 24.1 Å². The number of hydrogen-bond donors (Lipinski definition) is 3. The number of nitrogens with zero attached hydrogens (tertiary/aromatic N) is 1. The molecule has 0 radical (unpaired) electrons. The van der Waals surface area contributed by atoms with E-state index in [1.807, 2.05) is 6.92 Å². The molecule has 2 heterocycles. The van der Waals surface area contributed by atoms with Crippen molar-refractivity contribution in [1.82, 2.24) is 20.8 Å². The highest BCUT2D eigenvalue weighted by Gasteiger charge is 2.20. The van der Waals surface area contributed by atoms with Gasteiger partial charge in [-0.05, 0) is 26.3 Å². The molecule has 1 aliphatic heterocycles. The Balaban J connectivity index is 1.81. The first-order chi connectivity index (χ1) is 7.77. The minimum Gasteiger partial charge on any atom is -0.352 e. The van der Waals surface area contributed by atoms with E-state index in [2.05, 4.69) is 20.8 Å². The van der Waals surface area contributed by atoms with E-state index < -0.39 is 0 Å². The van der Waals surface area contributed by atoms with E-state index in [0.717, 1.165) is 37.2 Å². The Bertz CT molecular complexity index is 355. The van der Waals surface area contributed by atoms with Crippen molar-refractivity contribution in [3.05, 3.63) is 17.5 Å². The first-order valence-electron chi connectivity index (χ1n) is 5.74. The lowest BCUT2D eigenvalue weighted by Gasteiger charge is -2.21. The summed E-state index contributed by atoms with van der Waals surface area (Å²) in [7, 11) is 0. The number of nitrogens with one attached hydrogen (secondary N) is 3. The summed E-state index contributed by atoms with van der Waals surface area (Å²) >= 11 is 0. The van der Waals surface area contributed by atoms with Gasteiger partial charge in [0.25, 0.3) is 0 Å². The van der Waals surface area contributed by atoms with Gasteiger partial charge in [0, 0.05) is 24.3 Å². The number of amides is 1. The fraction of sp³-hybridized carbons (Fsp3) is 0.636. The van der Waals surface area contributed by atoms with Gasteiger partial charge in [-0.25, -0.2) is 0 Å². The van der Waals surface area contributed by atoms with E-state index in [1.165, 1.54) is 0 Å². The van der Waals surface area contributed by atoms with E-state index in [-0.39, 0.29) is 11.8 Å². The lowest BCUT2D eigenvalue weighted by Crippen LogP contribution is -2.40. The van der Waals surface area contributed by atoms with Gasteiger partial charge in [-0.3, -0.25) is 9.89 Å². The highest BCUT2D eigenvalue weighted by Crippen LogP contribution is 2.10. The normalized spacial score (nSPS) is 20.7. The standard InChI is InChI=1S/C11H18N4O/c1-8-10(7-14-15-8)6-13-11(16)9-3-2-4-12-5-9/h7,9,12H,2-6H2,1H3,(H,13,16)(H,14,15)/t9-/m1/s1. The van der Waals surface area contributed by atoms with Crippen LogP contribution in [0.25, 0.3) is 0 Å². The second-order valence-corrected chi connectivity index (χ2v) is 4.28. The zero-order valence-electron chi connectivity index (χ0n) is 9.55. The van der Waals surface area contributed by atoms with Gasteiger partial charge in [-0.2, -0.15) is 5.10 Å². The third kappa shape index (κ3) is 2.61. The van der Waals surface area contributed by atoms with E-state index >= 15 is 0 Å². The number of hydrogen-bond acceptors (Lipinski definition) is 3. The summed E-state index contributed by atoms with van der Waals surface area (Å²) in [5.41, 5.74) is 2.07. The Morgan fingerprint density at radius 1 is 1.69 bits per heavy atom. The summed E-state index contributed by atoms with van der Waals surface area (Å²) in [5.74, 6) is 0.272. The summed E-state index contributed by atoms with van der Waals surface area (Å²) in [6.45, 7) is 4.36. The molecule has 0 aliphatic carbocycles. The molecule has 2 rings (SSSR count). The maximum absolute atomic E-state index is 11.8. The van der Waals surface area contributed by atoms with Crippen LogP contribution >= 0.6 is 0 Å². The van der Waals surface area contributed by atoms with Crippen LogP contribution in [0.2, 0.25) is 0 Å². The Kier molecular flexibility index (Phi) is 3.56. The molecule has 5 heteroatoms. The molecule has 88 valence electrons. The molecule has 5 nitrogen and oxygen atoms in total. The second kappa shape index (κ2) is 5.12. The average molecular weight is 222 g/mol. The highest BCUT2D eigenvalue weighted by molar-refractivity contribution is 5.78. The van der Waals surface area contributed by atoms with Crippen molar-refractivity contribution in [2.75, 3.05) is 13.1 Å². The lowest BCUT2D eigenvalue weighted by molar-refractivity contribution is -0.125. The number of aromatic amines is 1. The number of carbonyl (C=O) groups excluding carboxylic acids is 1. The summed E-state index contributed by atoms with van der Waals surface area (Å²) in [6.07, 6.45) is 3.83. The van der Waals surface area contributed by atoms with Gasteiger partial charge in [0.05, 0.1) is 12.1 Å². The van der Waals surface area contributed by atoms with Crippen molar-refractivity contribution in [3.8, 4) is 0 Å². The Morgan fingerprint density at radius 2 is 2.56 bits per heavy atom. The van der Waals surface area contributed by atoms with Crippen molar-refractivity contribution >= 4 is 5.91 Å². The molecule has 3 N–H and O–H groups in total. The second-order valence-electron chi connectivity index (χ2n) is 4.28. The molecule has 0 spiro atoms. The zero-order valence-corrected chi connectivity index (χ0v) is 9.55. The molecule has 1 fully saturated rings. The van der Waals surface area contributed by atoms with Crippen molar-refractivity contribution in [2.45, 2.75) is 26.3 Å². The third-order valence-electron chi connectivity index (χ3n) is 3.06. The van der Waals surface area contributed by atoms with E-state index in [0.29, 0.717) is 6.54 Å². The molecule has 1 aliphatic rings. The molecular weight excluding hydrogens is 204 g/mol. The molecule has 0 unspecified atom stereocenters. The summed E-state index contributed by atoms with van der Waals surface area (Å²) in [4.78, 5) is 11.8. The number of rotatable bonds is 3. The van der Waals surface area contributed by atoms with E-state index in [4.69, 9.17) is 0 Å². The van der Waals surface area contributed by atoms with Crippen LogP contribution in [0, 0.1) is 12.8 Å². The molecule has 16 heavy (non-hydrogen) atoms. The quantitative estimate of drug-likeness (QED) is 0.690. The monoisotopic (exact) mass is 222 g/mol. The third-order valence-corrected chi connectivity index (χ3v) is 3.06. The fourth-order valence-corrected chi connectivity index (χ4v) is 1.96. The largest absolute Gasteiger partial charge is 0.352 e. The van der Waals surface area contributed by atoms with Crippen LogP contribution in [0.4, 0.5) is 0 Å². The molecule has 1 saturated heterocycles. The van der Waals surface area contributed by atoms with Crippen LogP contribution in [-0.4, -0.2) is 29.2 Å². The molecule has 1 amide bonds. The fourth-order valence-electron chi connectivity index (χ4n) is 1.96. The maximum atomic E-state index is 11.8. The van der Waals surface area contributed by atoms with Gasteiger partial charge >= 0.3 is 0 Å². The van der Waals surface area contributed by atoms with Gasteiger partial charge in [0.15, 0.2) is 0 Å². The zero-order chi connectivity index (χ0) is 11.4. The van der Waals surface area contributed by atoms with Crippen LogP contribution in [-0.2, 0) is 11.3 Å². The lowest BCUT2D eigenvalue weighted by atomic mass is 9.99. The minimum absolute atomic E-state index is 0.126. The van der Waals surface area contributed by atoms with Crippen molar-refractivity contribution in [1.29, 1.82) is 0 Å². The molecule has 0 aromatic carbocycles. The number of H-pyrrole nitrogens is 1. The number of aryl methyl sites for hydroxylation is 1. The van der Waals surface area contributed by atoms with Crippen LogP contribution < -0.4 is 10.6 Å². The van der Waals surface area contributed by atoms with E-state index in [1.54, 1.807) is 6.20 Å². The topological polar surface area (TPSA) is 69.8 Å². The van der Waals surface area contributed by atoms with Crippen LogP contribution in [0.3, 0.4) is 0 Å². The average Bonchev–Trinajstić information content (AvgIpc) is 2.73. The van der Waals surface area contributed by atoms with Crippen LogP contribution in [0.15, 0.2) is 6.20 Å². The molecule has 0 bridgehead atoms. The molecule has 1 aromatic rings. The molecular formula is C11H18N4O. The molecule has 1 atom stereocenters. The Labute approximate surface area is 95.0 Å². The smallest absolute Gasteiger partial charge is 0.224 e. The van der Waals surface area contributed by atoms with Gasteiger partial charge in [0.1, 0.15) is 0 Å². The van der Waals surface area contributed by atoms with Crippen molar-refractivity contribution < 1.29 is 4.79 Å². The Morgan fingerprint density at radius 3 is 3.19 bits per heavy atom. The first-order valence-corrected chi connectivity index (χ1v) is 5.74. The predicted octanol–water partition coefficient (Wildman–Crippen LogP) is 0.334. The number of aromatic nitrogens is 2. The predicted molar refractivity (Wildman–Crippen MR) is 60.8 cm³/mol. The maximum Gasteiger partial charge on any atom is 0.224 e. The van der Waals surface area contributed by atoms with Gasteiger partial charge in [-0.15, -0.1) is 0 Å². The Hall–Kier alpha value is -1.36. The van der Waals surface area contributed by atoms with E-state index in [9.17, 15) is 4.79 Å². The van der Waals surface area contributed by atoms with Gasteiger partial charge in [0.2, 0.25) is 5.91 Å².